The lowest BCUT2D eigenvalue weighted by Crippen LogP contribution is -2.35. The highest BCUT2D eigenvalue weighted by Gasteiger charge is 2.30. The molecule has 1 amide bonds. The summed E-state index contributed by atoms with van der Waals surface area (Å²) < 4.78 is 65.5. The lowest BCUT2D eigenvalue weighted by molar-refractivity contribution is 0.0924. The molecule has 20 heavy (non-hydrogen) atoms. The zero-order chi connectivity index (χ0) is 15.6. The minimum absolute atomic E-state index is 0.196. The summed E-state index contributed by atoms with van der Waals surface area (Å²) in [6.07, 6.45) is 0.501. The van der Waals surface area contributed by atoms with Gasteiger partial charge in [0.05, 0.1) is 0 Å². The largest absolute Gasteiger partial charge is 0.349 e. The van der Waals surface area contributed by atoms with Gasteiger partial charge in [0.15, 0.2) is 23.3 Å². The fourth-order valence-corrected chi connectivity index (χ4v) is 1.87. The normalized spacial score (nSPS) is 12.7. The standard InChI is InChI=1S/C13H14F5NO/c1-5(2)4-6(3)19-13(20)7-8(14)10(16)12(18)11(17)9(7)15/h5-6H,4H2,1-3H3,(H,19,20). The Morgan fingerprint density at radius 2 is 1.30 bits per heavy atom. The molecular formula is C13H14F5NO. The zero-order valence-corrected chi connectivity index (χ0v) is 11.2. The van der Waals surface area contributed by atoms with E-state index in [0.717, 1.165) is 0 Å². The third-order valence-electron chi connectivity index (χ3n) is 2.64. The van der Waals surface area contributed by atoms with Crippen LogP contribution in [0.15, 0.2) is 0 Å². The lowest BCUT2D eigenvalue weighted by Gasteiger charge is -2.16. The summed E-state index contributed by atoms with van der Waals surface area (Å²) in [5, 5.41) is 2.21. The van der Waals surface area contributed by atoms with Crippen molar-refractivity contribution in [1.82, 2.24) is 5.32 Å². The molecule has 0 aliphatic heterocycles. The van der Waals surface area contributed by atoms with Crippen LogP contribution in [0.3, 0.4) is 0 Å². The fourth-order valence-electron chi connectivity index (χ4n) is 1.87. The molecule has 0 spiro atoms. The average Bonchev–Trinajstić information content (AvgIpc) is 2.33. The van der Waals surface area contributed by atoms with Gasteiger partial charge < -0.3 is 5.32 Å². The maximum atomic E-state index is 13.4. The first kappa shape index (κ1) is 16.4. The lowest BCUT2D eigenvalue weighted by atomic mass is 10.0. The molecule has 1 rings (SSSR count). The Balaban J connectivity index is 3.11. The predicted molar refractivity (Wildman–Crippen MR) is 62.6 cm³/mol. The number of hydrogen-bond acceptors (Lipinski definition) is 1. The van der Waals surface area contributed by atoms with Crippen molar-refractivity contribution in [3.63, 3.8) is 0 Å². The van der Waals surface area contributed by atoms with Crippen molar-refractivity contribution in [1.29, 1.82) is 0 Å². The molecule has 0 aliphatic carbocycles. The number of rotatable bonds is 4. The minimum atomic E-state index is -2.29. The number of amides is 1. The number of halogens is 5. The first-order chi connectivity index (χ1) is 9.16. The van der Waals surface area contributed by atoms with Gasteiger partial charge in [-0.15, -0.1) is 0 Å². The molecule has 0 aromatic heterocycles. The van der Waals surface area contributed by atoms with Gasteiger partial charge in [-0.25, -0.2) is 22.0 Å². The Labute approximate surface area is 113 Å². The van der Waals surface area contributed by atoms with E-state index in [1.807, 2.05) is 13.8 Å². The molecule has 0 saturated heterocycles. The van der Waals surface area contributed by atoms with Gasteiger partial charge in [0, 0.05) is 6.04 Å². The van der Waals surface area contributed by atoms with Gasteiger partial charge in [0.25, 0.3) is 5.91 Å². The van der Waals surface area contributed by atoms with E-state index < -0.39 is 46.6 Å². The summed E-state index contributed by atoms with van der Waals surface area (Å²) in [6, 6.07) is -0.461. The molecule has 0 aliphatic rings. The number of nitrogens with one attached hydrogen (secondary N) is 1. The fraction of sp³-hybridized carbons (Fsp3) is 0.462. The third-order valence-corrected chi connectivity index (χ3v) is 2.64. The van der Waals surface area contributed by atoms with E-state index in [1.54, 1.807) is 6.92 Å². The Bertz CT molecular complexity index is 501. The highest BCUT2D eigenvalue weighted by Crippen LogP contribution is 2.23. The van der Waals surface area contributed by atoms with Crippen LogP contribution < -0.4 is 5.32 Å². The SMILES string of the molecule is CC(C)CC(C)NC(=O)c1c(F)c(F)c(F)c(F)c1F. The van der Waals surface area contributed by atoms with Crippen molar-refractivity contribution in [2.75, 3.05) is 0 Å². The number of carbonyl (C=O) groups is 1. The second-order valence-corrected chi connectivity index (χ2v) is 4.95. The van der Waals surface area contributed by atoms with Crippen LogP contribution in [0.25, 0.3) is 0 Å². The van der Waals surface area contributed by atoms with Gasteiger partial charge in [-0.3, -0.25) is 4.79 Å². The summed E-state index contributed by atoms with van der Waals surface area (Å²) in [6.45, 7) is 5.30. The molecule has 112 valence electrons. The van der Waals surface area contributed by atoms with Crippen LogP contribution in [-0.4, -0.2) is 11.9 Å². The van der Waals surface area contributed by atoms with Gasteiger partial charge in [0.2, 0.25) is 5.82 Å². The maximum absolute atomic E-state index is 13.4. The first-order valence-corrected chi connectivity index (χ1v) is 5.99. The van der Waals surface area contributed by atoms with Crippen molar-refractivity contribution in [2.24, 2.45) is 5.92 Å². The number of benzene rings is 1. The van der Waals surface area contributed by atoms with Gasteiger partial charge in [-0.2, -0.15) is 0 Å². The van der Waals surface area contributed by atoms with Crippen LogP contribution >= 0.6 is 0 Å². The molecule has 1 aromatic rings. The Morgan fingerprint density at radius 3 is 1.70 bits per heavy atom. The van der Waals surface area contributed by atoms with E-state index in [1.165, 1.54) is 0 Å². The molecule has 1 N–H and O–H groups in total. The van der Waals surface area contributed by atoms with E-state index in [-0.39, 0.29) is 5.92 Å². The maximum Gasteiger partial charge on any atom is 0.257 e. The van der Waals surface area contributed by atoms with Crippen molar-refractivity contribution in [3.8, 4) is 0 Å². The molecule has 0 radical (unpaired) electrons. The topological polar surface area (TPSA) is 29.1 Å². The predicted octanol–water partition coefficient (Wildman–Crippen LogP) is 3.55. The summed E-state index contributed by atoms with van der Waals surface area (Å²) in [5.74, 6) is -11.9. The van der Waals surface area contributed by atoms with Crippen LogP contribution in [0, 0.1) is 35.0 Å². The van der Waals surface area contributed by atoms with E-state index in [4.69, 9.17) is 0 Å². The summed E-state index contributed by atoms with van der Waals surface area (Å²) >= 11 is 0. The van der Waals surface area contributed by atoms with Crippen LogP contribution in [0.5, 0.6) is 0 Å². The van der Waals surface area contributed by atoms with E-state index in [9.17, 15) is 26.7 Å². The second kappa shape index (κ2) is 6.19. The average molecular weight is 295 g/mol. The van der Waals surface area contributed by atoms with Gasteiger partial charge >= 0.3 is 0 Å². The van der Waals surface area contributed by atoms with Gasteiger partial charge in [0.1, 0.15) is 5.56 Å². The van der Waals surface area contributed by atoms with Gasteiger partial charge in [-0.05, 0) is 19.3 Å². The zero-order valence-electron chi connectivity index (χ0n) is 11.2. The quantitative estimate of drug-likeness (QED) is 0.514. The molecule has 1 aromatic carbocycles. The molecule has 0 saturated carbocycles. The Hall–Kier alpha value is -1.66. The summed E-state index contributed by atoms with van der Waals surface area (Å²) in [7, 11) is 0. The van der Waals surface area contributed by atoms with Crippen LogP contribution in [0.2, 0.25) is 0 Å². The summed E-state index contributed by atoms with van der Waals surface area (Å²) in [5.41, 5.74) is -1.46. The Morgan fingerprint density at radius 1 is 0.900 bits per heavy atom. The number of hydrogen-bond donors (Lipinski definition) is 1. The highest BCUT2D eigenvalue weighted by atomic mass is 19.2. The molecule has 1 unspecified atom stereocenters. The molecule has 1 atom stereocenters. The van der Waals surface area contributed by atoms with Crippen LogP contribution in [0.4, 0.5) is 22.0 Å². The third kappa shape index (κ3) is 3.26. The van der Waals surface area contributed by atoms with Crippen LogP contribution in [-0.2, 0) is 0 Å². The smallest absolute Gasteiger partial charge is 0.257 e. The summed E-state index contributed by atoms with van der Waals surface area (Å²) in [4.78, 5) is 11.6. The molecule has 0 fully saturated rings. The van der Waals surface area contributed by atoms with Crippen LogP contribution in [0.1, 0.15) is 37.6 Å². The number of carbonyl (C=O) groups excluding carboxylic acids is 1. The molecule has 0 heterocycles. The van der Waals surface area contributed by atoms with E-state index >= 15 is 0 Å². The Kier molecular flexibility index (Phi) is 5.08. The van der Waals surface area contributed by atoms with Crippen molar-refractivity contribution < 1.29 is 26.7 Å². The van der Waals surface area contributed by atoms with Crippen molar-refractivity contribution in [3.05, 3.63) is 34.6 Å². The minimum Gasteiger partial charge on any atom is -0.349 e. The second-order valence-electron chi connectivity index (χ2n) is 4.95. The molecule has 2 nitrogen and oxygen atoms in total. The molecule has 7 heteroatoms. The highest BCUT2D eigenvalue weighted by molar-refractivity contribution is 5.95. The first-order valence-electron chi connectivity index (χ1n) is 5.99. The van der Waals surface area contributed by atoms with Crippen molar-refractivity contribution >= 4 is 5.91 Å². The van der Waals surface area contributed by atoms with E-state index in [0.29, 0.717) is 6.42 Å². The van der Waals surface area contributed by atoms with Gasteiger partial charge in [-0.1, -0.05) is 13.8 Å². The van der Waals surface area contributed by atoms with E-state index in [2.05, 4.69) is 5.32 Å². The molecule has 0 bridgehead atoms. The monoisotopic (exact) mass is 295 g/mol. The molecular weight excluding hydrogens is 281 g/mol. The van der Waals surface area contributed by atoms with Crippen molar-refractivity contribution in [2.45, 2.75) is 33.2 Å².